The zero-order chi connectivity index (χ0) is 16.6. The van der Waals surface area contributed by atoms with Gasteiger partial charge in [-0.3, -0.25) is 14.4 Å². The Labute approximate surface area is 139 Å². The highest BCUT2D eigenvalue weighted by Crippen LogP contribution is 2.47. The molecule has 3 rings (SSSR count). The Morgan fingerprint density at radius 3 is 2.65 bits per heavy atom. The van der Waals surface area contributed by atoms with Crippen LogP contribution in [0.1, 0.15) is 30.1 Å². The van der Waals surface area contributed by atoms with Crippen molar-refractivity contribution in [3.8, 4) is 0 Å². The van der Waals surface area contributed by atoms with E-state index in [1.54, 1.807) is 48.0 Å². The molecule has 2 fully saturated rings. The summed E-state index contributed by atoms with van der Waals surface area (Å²) in [4.78, 5) is 37.6. The van der Waals surface area contributed by atoms with Crippen molar-refractivity contribution >= 4 is 35.2 Å². The van der Waals surface area contributed by atoms with Crippen LogP contribution in [-0.4, -0.2) is 46.3 Å². The Morgan fingerprint density at radius 2 is 2.00 bits per heavy atom. The molecule has 0 bridgehead atoms. The van der Waals surface area contributed by atoms with Gasteiger partial charge in [-0.1, -0.05) is 0 Å². The van der Waals surface area contributed by atoms with E-state index < -0.39 is 6.04 Å². The molecule has 2 aliphatic heterocycles. The van der Waals surface area contributed by atoms with Crippen LogP contribution in [0.4, 0.5) is 5.69 Å². The summed E-state index contributed by atoms with van der Waals surface area (Å²) in [5, 5.41) is 5.39. The van der Waals surface area contributed by atoms with Crippen LogP contribution in [0, 0.1) is 0 Å². The molecule has 1 aromatic carbocycles. The molecular weight excluding hydrogens is 314 g/mol. The van der Waals surface area contributed by atoms with Crippen LogP contribution < -0.4 is 10.6 Å². The zero-order valence-electron chi connectivity index (χ0n) is 13.1. The van der Waals surface area contributed by atoms with Gasteiger partial charge in [0.2, 0.25) is 11.8 Å². The minimum absolute atomic E-state index is 0.0487. The van der Waals surface area contributed by atoms with E-state index in [1.807, 2.05) is 6.92 Å². The standard InChI is InChI=1S/C16H19N3O3S/c1-16-8-7-13(20)19(16)12(9-23-16)15(22)18-11-5-3-10(4-6-11)14(21)17-2/h3-6,12H,7-9H2,1-2H3,(H,17,21)(H,18,22)/t12-,16-/m0/s1. The maximum absolute atomic E-state index is 12.5. The smallest absolute Gasteiger partial charge is 0.251 e. The van der Waals surface area contributed by atoms with Gasteiger partial charge >= 0.3 is 0 Å². The fourth-order valence-corrected chi connectivity index (χ4v) is 4.52. The Bertz CT molecular complexity index is 661. The maximum atomic E-state index is 12.5. The van der Waals surface area contributed by atoms with E-state index in [0.29, 0.717) is 23.4 Å². The number of carbonyl (C=O) groups excluding carboxylic acids is 3. The van der Waals surface area contributed by atoms with Crippen molar-refractivity contribution < 1.29 is 14.4 Å². The molecule has 6 nitrogen and oxygen atoms in total. The van der Waals surface area contributed by atoms with Crippen molar-refractivity contribution in [1.29, 1.82) is 0 Å². The highest BCUT2D eigenvalue weighted by molar-refractivity contribution is 8.01. The summed E-state index contributed by atoms with van der Waals surface area (Å²) in [5.74, 6) is 0.315. The predicted octanol–water partition coefficient (Wildman–Crippen LogP) is 1.44. The SMILES string of the molecule is CNC(=O)c1ccc(NC(=O)[C@@H]2CS[C@@]3(C)CCC(=O)N23)cc1. The number of hydrogen-bond acceptors (Lipinski definition) is 4. The van der Waals surface area contributed by atoms with Crippen molar-refractivity contribution in [2.24, 2.45) is 0 Å². The molecular formula is C16H19N3O3S. The third kappa shape index (κ3) is 2.81. The van der Waals surface area contributed by atoms with Crippen LogP contribution in [0.5, 0.6) is 0 Å². The highest BCUT2D eigenvalue weighted by Gasteiger charge is 2.52. The molecule has 0 saturated carbocycles. The molecule has 2 heterocycles. The first-order chi connectivity index (χ1) is 10.9. The molecule has 0 aliphatic carbocycles. The van der Waals surface area contributed by atoms with E-state index in [-0.39, 0.29) is 22.6 Å². The first-order valence-electron chi connectivity index (χ1n) is 7.54. The summed E-state index contributed by atoms with van der Waals surface area (Å²) in [6.45, 7) is 2.02. The van der Waals surface area contributed by atoms with Gasteiger partial charge in [0, 0.05) is 30.5 Å². The lowest BCUT2D eigenvalue weighted by molar-refractivity contribution is -0.135. The van der Waals surface area contributed by atoms with E-state index in [9.17, 15) is 14.4 Å². The number of benzene rings is 1. The van der Waals surface area contributed by atoms with Gasteiger partial charge < -0.3 is 15.5 Å². The third-order valence-corrected chi connectivity index (χ3v) is 5.89. The molecule has 2 aliphatic rings. The van der Waals surface area contributed by atoms with Crippen LogP contribution in [0.15, 0.2) is 24.3 Å². The number of fused-ring (bicyclic) bond motifs is 1. The molecule has 0 spiro atoms. The Balaban J connectivity index is 1.70. The summed E-state index contributed by atoms with van der Waals surface area (Å²) < 4.78 is 0. The highest BCUT2D eigenvalue weighted by atomic mass is 32.2. The van der Waals surface area contributed by atoms with Crippen LogP contribution in [0.3, 0.4) is 0 Å². The Morgan fingerprint density at radius 1 is 1.30 bits per heavy atom. The number of hydrogen-bond donors (Lipinski definition) is 2. The predicted molar refractivity (Wildman–Crippen MR) is 89.2 cm³/mol. The summed E-state index contributed by atoms with van der Waals surface area (Å²) >= 11 is 1.67. The number of thioether (sulfide) groups is 1. The van der Waals surface area contributed by atoms with Crippen molar-refractivity contribution in [3.63, 3.8) is 0 Å². The topological polar surface area (TPSA) is 78.5 Å². The maximum Gasteiger partial charge on any atom is 0.251 e. The van der Waals surface area contributed by atoms with Crippen LogP contribution in [-0.2, 0) is 9.59 Å². The minimum Gasteiger partial charge on any atom is -0.355 e. The number of nitrogens with one attached hydrogen (secondary N) is 2. The van der Waals surface area contributed by atoms with E-state index in [4.69, 9.17) is 0 Å². The molecule has 7 heteroatoms. The van der Waals surface area contributed by atoms with Crippen molar-refractivity contribution in [2.45, 2.75) is 30.7 Å². The van der Waals surface area contributed by atoms with Crippen molar-refractivity contribution in [1.82, 2.24) is 10.2 Å². The second-order valence-corrected chi connectivity index (χ2v) is 7.41. The molecule has 122 valence electrons. The number of amides is 3. The first-order valence-corrected chi connectivity index (χ1v) is 8.52. The van der Waals surface area contributed by atoms with Gasteiger partial charge in [0.25, 0.3) is 5.91 Å². The van der Waals surface area contributed by atoms with Gasteiger partial charge in [-0.25, -0.2) is 0 Å². The van der Waals surface area contributed by atoms with Gasteiger partial charge in [-0.2, -0.15) is 0 Å². The molecule has 0 unspecified atom stereocenters. The lowest BCUT2D eigenvalue weighted by Gasteiger charge is -2.29. The van der Waals surface area contributed by atoms with Crippen molar-refractivity contribution in [3.05, 3.63) is 29.8 Å². The summed E-state index contributed by atoms with van der Waals surface area (Å²) in [7, 11) is 1.57. The van der Waals surface area contributed by atoms with E-state index >= 15 is 0 Å². The fourth-order valence-electron chi connectivity index (χ4n) is 3.09. The number of anilines is 1. The van der Waals surface area contributed by atoms with Crippen LogP contribution in [0.2, 0.25) is 0 Å². The minimum atomic E-state index is -0.432. The summed E-state index contributed by atoms with van der Waals surface area (Å²) in [5.41, 5.74) is 1.15. The fraction of sp³-hybridized carbons (Fsp3) is 0.438. The van der Waals surface area contributed by atoms with Gasteiger partial charge in [0.05, 0.1) is 4.87 Å². The van der Waals surface area contributed by atoms with Crippen molar-refractivity contribution in [2.75, 3.05) is 18.1 Å². The lowest BCUT2D eigenvalue weighted by atomic mass is 10.1. The molecule has 0 radical (unpaired) electrons. The van der Waals surface area contributed by atoms with Gasteiger partial charge in [0.15, 0.2) is 0 Å². The molecule has 23 heavy (non-hydrogen) atoms. The Kier molecular flexibility index (Phi) is 4.06. The quantitative estimate of drug-likeness (QED) is 0.877. The molecule has 2 N–H and O–H groups in total. The molecule has 2 atom stereocenters. The van der Waals surface area contributed by atoms with Gasteiger partial charge in [0.1, 0.15) is 6.04 Å². The molecule has 3 amide bonds. The van der Waals surface area contributed by atoms with Gasteiger partial charge in [-0.05, 0) is 37.6 Å². The lowest BCUT2D eigenvalue weighted by Crippen LogP contribution is -2.48. The first kappa shape index (κ1) is 15.9. The number of rotatable bonds is 3. The average molecular weight is 333 g/mol. The Hall–Kier alpha value is -2.02. The third-order valence-electron chi connectivity index (χ3n) is 4.39. The number of nitrogens with zero attached hydrogens (tertiary/aromatic N) is 1. The second kappa shape index (κ2) is 5.88. The monoisotopic (exact) mass is 333 g/mol. The largest absolute Gasteiger partial charge is 0.355 e. The second-order valence-electron chi connectivity index (χ2n) is 5.91. The molecule has 1 aromatic rings. The number of carbonyl (C=O) groups is 3. The van der Waals surface area contributed by atoms with Crippen LogP contribution in [0.25, 0.3) is 0 Å². The summed E-state index contributed by atoms with van der Waals surface area (Å²) in [6, 6.07) is 6.26. The van der Waals surface area contributed by atoms with Crippen LogP contribution >= 0.6 is 11.8 Å². The molecule has 0 aromatic heterocycles. The molecule has 2 saturated heterocycles. The normalized spacial score (nSPS) is 26.1. The van der Waals surface area contributed by atoms with E-state index in [1.165, 1.54) is 0 Å². The van der Waals surface area contributed by atoms with E-state index in [0.717, 1.165) is 6.42 Å². The van der Waals surface area contributed by atoms with Gasteiger partial charge in [-0.15, -0.1) is 11.8 Å². The average Bonchev–Trinajstić information content (AvgIpc) is 3.04. The summed E-state index contributed by atoms with van der Waals surface area (Å²) in [6.07, 6.45) is 1.30. The van der Waals surface area contributed by atoms with E-state index in [2.05, 4.69) is 10.6 Å². The zero-order valence-corrected chi connectivity index (χ0v) is 13.9.